The van der Waals surface area contributed by atoms with Crippen LogP contribution in [0, 0.1) is 0 Å². The Kier molecular flexibility index (Phi) is 6.19. The fourth-order valence-corrected chi connectivity index (χ4v) is 4.38. The molecule has 0 aliphatic carbocycles. The fourth-order valence-electron chi connectivity index (χ4n) is 3.62. The molecule has 6 heteroatoms. The minimum Gasteiger partial charge on any atom is -0.398 e. The molecule has 0 unspecified atom stereocenters. The van der Waals surface area contributed by atoms with Crippen LogP contribution in [-0.4, -0.2) is 24.1 Å². The van der Waals surface area contributed by atoms with Gasteiger partial charge in [-0.3, -0.25) is 4.79 Å². The SMILES string of the molecule is CO/N=C(\C=O)c1csc(NC(c2ccccc2)(c2ccccc2)c2ccccc2)n1. The van der Waals surface area contributed by atoms with E-state index in [-0.39, 0.29) is 5.71 Å². The Morgan fingerprint density at radius 2 is 1.39 bits per heavy atom. The topological polar surface area (TPSA) is 63.6 Å². The number of hydrogen-bond acceptors (Lipinski definition) is 6. The van der Waals surface area contributed by atoms with E-state index in [4.69, 9.17) is 4.84 Å². The van der Waals surface area contributed by atoms with Crippen LogP contribution in [-0.2, 0) is 15.2 Å². The highest BCUT2D eigenvalue weighted by Gasteiger charge is 2.37. The molecule has 5 nitrogen and oxygen atoms in total. The van der Waals surface area contributed by atoms with Gasteiger partial charge in [-0.15, -0.1) is 11.3 Å². The molecule has 1 N–H and O–H groups in total. The molecule has 0 aliphatic rings. The molecular weight excluding hydrogens is 406 g/mol. The van der Waals surface area contributed by atoms with Crippen molar-refractivity contribution in [3.8, 4) is 0 Å². The Hall–Kier alpha value is -3.77. The first-order chi connectivity index (χ1) is 15.3. The largest absolute Gasteiger partial charge is 0.398 e. The Balaban J connectivity index is 1.90. The third-order valence-corrected chi connectivity index (χ3v) is 5.74. The zero-order valence-corrected chi connectivity index (χ0v) is 17.8. The highest BCUT2D eigenvalue weighted by molar-refractivity contribution is 7.14. The molecule has 0 aliphatic heterocycles. The lowest BCUT2D eigenvalue weighted by atomic mass is 9.77. The van der Waals surface area contributed by atoms with Crippen LogP contribution in [0.3, 0.4) is 0 Å². The number of rotatable bonds is 8. The molecule has 0 bridgehead atoms. The predicted octanol–water partition coefficient (Wildman–Crippen LogP) is 5.10. The van der Waals surface area contributed by atoms with Gasteiger partial charge in [-0.1, -0.05) is 96.2 Å². The first-order valence-corrected chi connectivity index (χ1v) is 10.6. The van der Waals surface area contributed by atoms with Crippen molar-refractivity contribution in [2.75, 3.05) is 12.4 Å². The summed E-state index contributed by atoms with van der Waals surface area (Å²) in [5.74, 6) is 0. The molecule has 1 aromatic heterocycles. The maximum absolute atomic E-state index is 11.4. The van der Waals surface area contributed by atoms with E-state index in [1.165, 1.54) is 18.4 Å². The van der Waals surface area contributed by atoms with Gasteiger partial charge in [-0.25, -0.2) is 4.98 Å². The third kappa shape index (κ3) is 4.11. The number of oxime groups is 1. The lowest BCUT2D eigenvalue weighted by Crippen LogP contribution is -2.38. The minimum atomic E-state index is -0.682. The second kappa shape index (κ2) is 9.36. The summed E-state index contributed by atoms with van der Waals surface area (Å²) >= 11 is 1.41. The van der Waals surface area contributed by atoms with Gasteiger partial charge in [0.1, 0.15) is 18.3 Å². The van der Waals surface area contributed by atoms with Gasteiger partial charge >= 0.3 is 0 Å². The Morgan fingerprint density at radius 1 is 0.903 bits per heavy atom. The average Bonchev–Trinajstić information content (AvgIpc) is 3.31. The highest BCUT2D eigenvalue weighted by Crippen LogP contribution is 2.40. The van der Waals surface area contributed by atoms with Crippen molar-refractivity contribution < 1.29 is 9.63 Å². The zero-order chi connectivity index (χ0) is 21.5. The smallest absolute Gasteiger partial charge is 0.184 e. The summed E-state index contributed by atoms with van der Waals surface area (Å²) in [5.41, 5.74) is 3.16. The van der Waals surface area contributed by atoms with E-state index in [2.05, 4.69) is 51.9 Å². The van der Waals surface area contributed by atoms with E-state index in [0.29, 0.717) is 17.1 Å². The summed E-state index contributed by atoms with van der Waals surface area (Å²) in [7, 11) is 1.40. The average molecular weight is 428 g/mol. The van der Waals surface area contributed by atoms with Gasteiger partial charge in [0.15, 0.2) is 17.1 Å². The van der Waals surface area contributed by atoms with Gasteiger partial charge in [0, 0.05) is 5.38 Å². The molecule has 0 amide bonds. The monoisotopic (exact) mass is 427 g/mol. The zero-order valence-electron chi connectivity index (χ0n) is 16.9. The fraction of sp³-hybridized carbons (Fsp3) is 0.0800. The number of hydrogen-bond donors (Lipinski definition) is 1. The molecule has 1 heterocycles. The molecule has 0 saturated heterocycles. The number of anilines is 1. The van der Waals surface area contributed by atoms with Crippen molar-refractivity contribution >= 4 is 28.5 Å². The van der Waals surface area contributed by atoms with Crippen LogP contribution in [0.4, 0.5) is 5.13 Å². The normalized spacial score (nSPS) is 11.7. The van der Waals surface area contributed by atoms with E-state index in [1.807, 2.05) is 54.6 Å². The molecule has 0 fully saturated rings. The Morgan fingerprint density at radius 3 is 1.81 bits per heavy atom. The summed E-state index contributed by atoms with van der Waals surface area (Å²) in [6.45, 7) is 0. The maximum atomic E-state index is 11.4. The predicted molar refractivity (Wildman–Crippen MR) is 125 cm³/mol. The van der Waals surface area contributed by atoms with Gasteiger partial charge in [0.25, 0.3) is 0 Å². The number of benzene rings is 3. The summed E-state index contributed by atoms with van der Waals surface area (Å²) in [5, 5.41) is 9.90. The molecule has 4 rings (SSSR count). The van der Waals surface area contributed by atoms with Gasteiger partial charge in [0.05, 0.1) is 0 Å². The van der Waals surface area contributed by atoms with Gasteiger partial charge in [-0.05, 0) is 16.7 Å². The van der Waals surface area contributed by atoms with E-state index < -0.39 is 5.54 Å². The maximum Gasteiger partial charge on any atom is 0.184 e. The van der Waals surface area contributed by atoms with E-state index in [1.54, 1.807) is 5.38 Å². The van der Waals surface area contributed by atoms with Crippen molar-refractivity contribution in [1.29, 1.82) is 0 Å². The summed E-state index contributed by atoms with van der Waals surface area (Å²) in [6.07, 6.45) is 0.640. The molecule has 3 aromatic carbocycles. The Bertz CT molecular complexity index is 1060. The molecule has 154 valence electrons. The third-order valence-electron chi connectivity index (χ3n) is 4.98. The van der Waals surface area contributed by atoms with Crippen LogP contribution in [0.2, 0.25) is 0 Å². The van der Waals surface area contributed by atoms with Gasteiger partial charge in [0.2, 0.25) is 0 Å². The van der Waals surface area contributed by atoms with Gasteiger partial charge < -0.3 is 10.2 Å². The number of thiazole rings is 1. The van der Waals surface area contributed by atoms with Crippen LogP contribution in [0.15, 0.2) is 102 Å². The minimum absolute atomic E-state index is 0.150. The quantitative estimate of drug-likeness (QED) is 0.184. The number of carbonyl (C=O) groups is 1. The van der Waals surface area contributed by atoms with Crippen molar-refractivity contribution in [2.24, 2.45) is 5.16 Å². The molecule has 0 atom stereocenters. The standard InChI is InChI=1S/C25H21N3O2S/c1-30-28-22(17-29)23-18-31-24(26-23)27-25(19-11-5-2-6-12-19,20-13-7-3-8-14-20)21-15-9-4-10-16-21/h2-18H,1H3,(H,26,27)/b28-22+. The number of aromatic nitrogens is 1. The number of nitrogens with zero attached hydrogens (tertiary/aromatic N) is 2. The molecule has 31 heavy (non-hydrogen) atoms. The van der Waals surface area contributed by atoms with Crippen molar-refractivity contribution in [3.05, 3.63) is 119 Å². The number of carbonyl (C=O) groups excluding carboxylic acids is 1. The van der Waals surface area contributed by atoms with E-state index >= 15 is 0 Å². The van der Waals surface area contributed by atoms with Crippen molar-refractivity contribution in [3.63, 3.8) is 0 Å². The van der Waals surface area contributed by atoms with Crippen LogP contribution < -0.4 is 5.32 Å². The van der Waals surface area contributed by atoms with Crippen LogP contribution in [0.5, 0.6) is 0 Å². The van der Waals surface area contributed by atoms with Crippen molar-refractivity contribution in [2.45, 2.75) is 5.54 Å². The second-order valence-corrected chi connectivity index (χ2v) is 7.65. The second-order valence-electron chi connectivity index (χ2n) is 6.79. The molecule has 0 saturated carbocycles. The summed E-state index contributed by atoms with van der Waals surface area (Å²) < 4.78 is 0. The molecule has 4 aromatic rings. The van der Waals surface area contributed by atoms with E-state index in [9.17, 15) is 4.79 Å². The Labute approximate surface area is 185 Å². The lowest BCUT2D eigenvalue weighted by molar-refractivity contribution is -0.102. The van der Waals surface area contributed by atoms with Crippen molar-refractivity contribution in [1.82, 2.24) is 4.98 Å². The van der Waals surface area contributed by atoms with Crippen LogP contribution in [0.1, 0.15) is 22.4 Å². The first-order valence-electron chi connectivity index (χ1n) is 9.75. The molecule has 0 spiro atoms. The van der Waals surface area contributed by atoms with Crippen LogP contribution >= 0.6 is 11.3 Å². The summed E-state index contributed by atoms with van der Waals surface area (Å²) in [4.78, 5) is 20.8. The summed E-state index contributed by atoms with van der Waals surface area (Å²) in [6, 6.07) is 30.8. The van der Waals surface area contributed by atoms with Gasteiger partial charge in [-0.2, -0.15) is 0 Å². The highest BCUT2D eigenvalue weighted by atomic mass is 32.1. The first kappa shape index (κ1) is 20.5. The molecule has 0 radical (unpaired) electrons. The van der Waals surface area contributed by atoms with Crippen LogP contribution in [0.25, 0.3) is 0 Å². The molecular formula is C25H21N3O2S. The van der Waals surface area contributed by atoms with E-state index in [0.717, 1.165) is 16.7 Å². The number of nitrogens with one attached hydrogen (secondary N) is 1. The lowest BCUT2D eigenvalue weighted by Gasteiger charge is -2.36. The number of aldehydes is 1.